The highest BCUT2D eigenvalue weighted by Gasteiger charge is 2.21. The summed E-state index contributed by atoms with van der Waals surface area (Å²) in [4.78, 5) is 14.1. The van der Waals surface area contributed by atoms with Crippen molar-refractivity contribution in [3.8, 4) is 0 Å². The lowest BCUT2D eigenvalue weighted by molar-refractivity contribution is -0.131. The summed E-state index contributed by atoms with van der Waals surface area (Å²) in [5, 5.41) is 1.72. The van der Waals surface area contributed by atoms with Gasteiger partial charge < -0.3 is 10.6 Å². The van der Waals surface area contributed by atoms with Crippen LogP contribution in [-0.2, 0) is 21.2 Å². The van der Waals surface area contributed by atoms with E-state index in [0.29, 0.717) is 18.7 Å². The van der Waals surface area contributed by atoms with E-state index in [1.165, 1.54) is 11.3 Å². The van der Waals surface area contributed by atoms with E-state index in [4.69, 9.17) is 5.73 Å². The molecule has 1 aliphatic rings. The summed E-state index contributed by atoms with van der Waals surface area (Å²) in [5.41, 5.74) is 7.24. The number of hydrogen-bond acceptors (Lipinski definition) is 5. The number of sulfonamides is 1. The van der Waals surface area contributed by atoms with Crippen molar-refractivity contribution in [2.45, 2.75) is 29.5 Å². The van der Waals surface area contributed by atoms with Gasteiger partial charge in [0.2, 0.25) is 5.91 Å². The molecule has 6 nitrogen and oxygen atoms in total. The molecule has 2 aromatic rings. The van der Waals surface area contributed by atoms with Crippen molar-refractivity contribution in [2.24, 2.45) is 5.73 Å². The van der Waals surface area contributed by atoms with Crippen LogP contribution in [0.4, 0.5) is 5.69 Å². The van der Waals surface area contributed by atoms with Gasteiger partial charge in [-0.1, -0.05) is 18.2 Å². The number of nitrogens with zero attached hydrogens (tertiary/aromatic N) is 1. The van der Waals surface area contributed by atoms with Gasteiger partial charge in [-0.25, -0.2) is 8.42 Å². The Labute approximate surface area is 151 Å². The smallest absolute Gasteiger partial charge is 0.271 e. The van der Waals surface area contributed by atoms with Gasteiger partial charge in [0.15, 0.2) is 0 Å². The predicted octanol–water partition coefficient (Wildman–Crippen LogP) is 2.04. The monoisotopic (exact) mass is 379 g/mol. The van der Waals surface area contributed by atoms with E-state index in [0.717, 1.165) is 24.9 Å². The fourth-order valence-electron chi connectivity index (χ4n) is 2.84. The van der Waals surface area contributed by atoms with Crippen molar-refractivity contribution in [1.29, 1.82) is 0 Å². The Hall–Kier alpha value is -1.90. The number of nitrogens with two attached hydrogens (primary N) is 1. The minimum absolute atomic E-state index is 0.0575. The molecule has 1 aromatic carbocycles. The minimum atomic E-state index is -3.55. The Morgan fingerprint density at radius 3 is 2.68 bits per heavy atom. The molecule has 1 saturated heterocycles. The number of rotatable bonds is 5. The molecule has 1 atom stereocenters. The van der Waals surface area contributed by atoms with Gasteiger partial charge in [0.25, 0.3) is 10.0 Å². The largest absolute Gasteiger partial charge is 0.341 e. The third-order valence-corrected chi connectivity index (χ3v) is 6.91. The molecule has 0 spiro atoms. The van der Waals surface area contributed by atoms with Crippen LogP contribution < -0.4 is 10.5 Å². The fraction of sp³-hybridized carbons (Fsp3) is 0.353. The maximum Gasteiger partial charge on any atom is 0.271 e. The van der Waals surface area contributed by atoms with Crippen molar-refractivity contribution >= 4 is 33.0 Å². The molecule has 1 fully saturated rings. The highest BCUT2D eigenvalue weighted by molar-refractivity contribution is 7.94. The maximum absolute atomic E-state index is 12.3. The zero-order valence-corrected chi connectivity index (χ0v) is 15.4. The Morgan fingerprint density at radius 2 is 2.04 bits per heavy atom. The molecule has 0 radical (unpaired) electrons. The second-order valence-electron chi connectivity index (χ2n) is 6.15. The van der Waals surface area contributed by atoms with Crippen LogP contribution in [-0.4, -0.2) is 38.4 Å². The summed E-state index contributed by atoms with van der Waals surface area (Å²) < 4.78 is 27.2. The first kappa shape index (κ1) is 17.9. The van der Waals surface area contributed by atoms with Crippen LogP contribution in [0.15, 0.2) is 46.0 Å². The molecule has 3 rings (SSSR count). The summed E-state index contributed by atoms with van der Waals surface area (Å²) in [5.74, 6) is 0.0575. The normalized spacial score (nSPS) is 18.1. The van der Waals surface area contributed by atoms with Crippen LogP contribution in [0.1, 0.15) is 18.4 Å². The Kier molecular flexibility index (Phi) is 5.41. The van der Waals surface area contributed by atoms with Gasteiger partial charge in [-0.2, -0.15) is 0 Å². The highest BCUT2D eigenvalue weighted by Crippen LogP contribution is 2.21. The second kappa shape index (κ2) is 7.55. The first-order valence-corrected chi connectivity index (χ1v) is 10.5. The van der Waals surface area contributed by atoms with E-state index in [1.54, 1.807) is 41.8 Å². The van der Waals surface area contributed by atoms with Gasteiger partial charge in [-0.3, -0.25) is 9.52 Å². The molecule has 1 unspecified atom stereocenters. The lowest BCUT2D eigenvalue weighted by Gasteiger charge is -2.30. The lowest BCUT2D eigenvalue weighted by atomic mass is 10.0. The molecular weight excluding hydrogens is 358 g/mol. The summed E-state index contributed by atoms with van der Waals surface area (Å²) in [6.07, 6.45) is 2.20. The van der Waals surface area contributed by atoms with E-state index in [2.05, 4.69) is 4.72 Å². The van der Waals surface area contributed by atoms with Crippen molar-refractivity contribution in [1.82, 2.24) is 4.90 Å². The number of carbonyl (C=O) groups is 1. The number of hydrogen-bond donors (Lipinski definition) is 2. The Bertz CT molecular complexity index is 817. The number of likely N-dealkylation sites (tertiary alicyclic amines) is 1. The van der Waals surface area contributed by atoms with Crippen LogP contribution in [0.25, 0.3) is 0 Å². The summed E-state index contributed by atoms with van der Waals surface area (Å²) in [6, 6.07) is 10.2. The van der Waals surface area contributed by atoms with Crippen LogP contribution in [0.5, 0.6) is 0 Å². The van der Waals surface area contributed by atoms with Gasteiger partial charge in [-0.05, 0) is 42.0 Å². The molecule has 8 heteroatoms. The highest BCUT2D eigenvalue weighted by atomic mass is 32.2. The molecule has 1 aromatic heterocycles. The number of nitrogens with one attached hydrogen (secondary N) is 1. The first-order chi connectivity index (χ1) is 11.9. The average Bonchev–Trinajstić information content (AvgIpc) is 3.12. The van der Waals surface area contributed by atoms with Crippen LogP contribution in [0, 0.1) is 0 Å². The lowest BCUT2D eigenvalue weighted by Crippen LogP contribution is -2.46. The zero-order chi connectivity index (χ0) is 17.9. The average molecular weight is 380 g/mol. The topological polar surface area (TPSA) is 92.5 Å². The van der Waals surface area contributed by atoms with Crippen LogP contribution in [0.3, 0.4) is 0 Å². The number of thiophene rings is 1. The van der Waals surface area contributed by atoms with Gasteiger partial charge in [0, 0.05) is 24.8 Å². The molecule has 1 aliphatic heterocycles. The molecule has 1 amide bonds. The SMILES string of the molecule is NC1CCCN(C(=O)Cc2ccc(NS(=O)(=O)c3cccs3)cc2)C1. The molecule has 134 valence electrons. The predicted molar refractivity (Wildman–Crippen MR) is 99.1 cm³/mol. The molecular formula is C17H21N3O3S2. The van der Waals surface area contributed by atoms with Gasteiger partial charge in [-0.15, -0.1) is 11.3 Å². The van der Waals surface area contributed by atoms with E-state index in [1.807, 2.05) is 4.90 Å². The zero-order valence-electron chi connectivity index (χ0n) is 13.7. The number of carbonyl (C=O) groups excluding carboxylic acids is 1. The number of benzene rings is 1. The summed E-state index contributed by atoms with van der Waals surface area (Å²) in [6.45, 7) is 1.36. The second-order valence-corrected chi connectivity index (χ2v) is 9.01. The summed E-state index contributed by atoms with van der Waals surface area (Å²) >= 11 is 1.17. The molecule has 3 N–H and O–H groups in total. The third-order valence-electron chi connectivity index (χ3n) is 4.13. The van der Waals surface area contributed by atoms with E-state index < -0.39 is 10.0 Å². The maximum atomic E-state index is 12.3. The molecule has 0 aliphatic carbocycles. The molecule has 2 heterocycles. The molecule has 0 bridgehead atoms. The van der Waals surface area contributed by atoms with E-state index in [9.17, 15) is 13.2 Å². The first-order valence-electron chi connectivity index (χ1n) is 8.13. The fourth-order valence-corrected chi connectivity index (χ4v) is 4.89. The Balaban J connectivity index is 1.61. The number of anilines is 1. The van der Waals surface area contributed by atoms with Gasteiger partial charge in [0.1, 0.15) is 4.21 Å². The molecule has 0 saturated carbocycles. The summed E-state index contributed by atoms with van der Waals surface area (Å²) in [7, 11) is -3.55. The van der Waals surface area contributed by atoms with Crippen molar-refractivity contribution in [3.63, 3.8) is 0 Å². The van der Waals surface area contributed by atoms with Crippen LogP contribution >= 0.6 is 11.3 Å². The third kappa shape index (κ3) is 4.59. The quantitative estimate of drug-likeness (QED) is 0.831. The molecule has 25 heavy (non-hydrogen) atoms. The number of piperidine rings is 1. The number of amides is 1. The van der Waals surface area contributed by atoms with Gasteiger partial charge in [0.05, 0.1) is 6.42 Å². The van der Waals surface area contributed by atoms with Gasteiger partial charge >= 0.3 is 0 Å². The van der Waals surface area contributed by atoms with Crippen molar-refractivity contribution in [2.75, 3.05) is 17.8 Å². The van der Waals surface area contributed by atoms with Crippen molar-refractivity contribution < 1.29 is 13.2 Å². The van der Waals surface area contributed by atoms with Crippen LogP contribution in [0.2, 0.25) is 0 Å². The Morgan fingerprint density at radius 1 is 1.28 bits per heavy atom. The van der Waals surface area contributed by atoms with E-state index in [-0.39, 0.29) is 16.2 Å². The standard InChI is InChI=1S/C17H21N3O3S2/c18-14-3-1-9-20(12-14)16(21)11-13-5-7-15(8-6-13)19-25(22,23)17-4-2-10-24-17/h2,4-8,10,14,19H,1,3,9,11-12,18H2. The minimum Gasteiger partial charge on any atom is -0.341 e. The van der Waals surface area contributed by atoms with E-state index >= 15 is 0 Å². The van der Waals surface area contributed by atoms with Crippen molar-refractivity contribution in [3.05, 3.63) is 47.3 Å².